The number of nitrogens with one attached hydrogen (secondary N) is 1. The zero-order valence-electron chi connectivity index (χ0n) is 17.1. The third-order valence-electron chi connectivity index (χ3n) is 4.92. The SMILES string of the molecule is Cc1cccc(-n2ccnc2SCC(=O)Nc2c(C#N)cnn2-c2ccccc2)c1C. The zero-order chi connectivity index (χ0) is 21.8. The van der Waals surface area contributed by atoms with Crippen molar-refractivity contribution in [2.45, 2.75) is 19.0 Å². The molecular formula is C23H20N6OS. The van der Waals surface area contributed by atoms with Gasteiger partial charge in [-0.05, 0) is 43.2 Å². The summed E-state index contributed by atoms with van der Waals surface area (Å²) in [6.45, 7) is 4.14. The van der Waals surface area contributed by atoms with Crippen LogP contribution >= 0.6 is 11.8 Å². The molecule has 2 heterocycles. The van der Waals surface area contributed by atoms with Crippen LogP contribution in [-0.2, 0) is 4.79 Å². The van der Waals surface area contributed by atoms with Crippen molar-refractivity contribution in [1.82, 2.24) is 19.3 Å². The maximum Gasteiger partial charge on any atom is 0.236 e. The van der Waals surface area contributed by atoms with Gasteiger partial charge in [-0.25, -0.2) is 9.67 Å². The summed E-state index contributed by atoms with van der Waals surface area (Å²) in [5.41, 5.74) is 4.46. The topological polar surface area (TPSA) is 88.5 Å². The molecule has 0 saturated heterocycles. The maximum absolute atomic E-state index is 12.7. The Bertz CT molecular complexity index is 1270. The third-order valence-corrected chi connectivity index (χ3v) is 5.89. The van der Waals surface area contributed by atoms with Crippen LogP contribution in [0.15, 0.2) is 72.3 Å². The molecule has 7 nitrogen and oxygen atoms in total. The predicted molar refractivity (Wildman–Crippen MR) is 121 cm³/mol. The van der Waals surface area contributed by atoms with Crippen LogP contribution in [0.1, 0.15) is 16.7 Å². The van der Waals surface area contributed by atoms with Crippen molar-refractivity contribution in [2.24, 2.45) is 0 Å². The lowest BCUT2D eigenvalue weighted by Crippen LogP contribution is -2.18. The second kappa shape index (κ2) is 8.90. The van der Waals surface area contributed by atoms with Gasteiger partial charge in [0.25, 0.3) is 0 Å². The van der Waals surface area contributed by atoms with E-state index in [9.17, 15) is 10.1 Å². The average molecular weight is 429 g/mol. The number of nitrogens with zero attached hydrogens (tertiary/aromatic N) is 5. The number of anilines is 1. The van der Waals surface area contributed by atoms with Gasteiger partial charge in [0.05, 0.1) is 23.3 Å². The lowest BCUT2D eigenvalue weighted by atomic mass is 10.1. The van der Waals surface area contributed by atoms with Gasteiger partial charge >= 0.3 is 0 Å². The van der Waals surface area contributed by atoms with Gasteiger partial charge in [-0.3, -0.25) is 9.36 Å². The monoisotopic (exact) mass is 428 g/mol. The Morgan fingerprint density at radius 1 is 1.16 bits per heavy atom. The number of carbonyl (C=O) groups is 1. The van der Waals surface area contributed by atoms with Crippen LogP contribution in [-0.4, -0.2) is 31.0 Å². The number of carbonyl (C=O) groups excluding carboxylic acids is 1. The summed E-state index contributed by atoms with van der Waals surface area (Å²) in [4.78, 5) is 17.1. The molecule has 2 aromatic heterocycles. The Morgan fingerprint density at radius 2 is 1.97 bits per heavy atom. The molecular weight excluding hydrogens is 408 g/mol. The summed E-state index contributed by atoms with van der Waals surface area (Å²) < 4.78 is 3.54. The van der Waals surface area contributed by atoms with Crippen LogP contribution in [0, 0.1) is 25.2 Å². The standard InChI is InChI=1S/C23H20N6OS/c1-16-7-6-10-20(17(16)2)28-12-11-25-23(28)31-15-21(30)27-22-18(13-24)14-26-29(22)19-8-4-3-5-9-19/h3-12,14H,15H2,1-2H3,(H,27,30). The van der Waals surface area contributed by atoms with Gasteiger partial charge < -0.3 is 5.32 Å². The van der Waals surface area contributed by atoms with Crippen molar-refractivity contribution < 1.29 is 4.79 Å². The molecule has 0 radical (unpaired) electrons. The first-order valence-corrected chi connectivity index (χ1v) is 10.6. The molecule has 154 valence electrons. The van der Waals surface area contributed by atoms with E-state index in [1.807, 2.05) is 53.2 Å². The number of hydrogen-bond donors (Lipinski definition) is 1. The number of hydrogen-bond acceptors (Lipinski definition) is 5. The quantitative estimate of drug-likeness (QED) is 0.463. The van der Waals surface area contributed by atoms with Crippen molar-refractivity contribution in [3.63, 3.8) is 0 Å². The van der Waals surface area contributed by atoms with Crippen molar-refractivity contribution in [3.05, 3.63) is 83.8 Å². The molecule has 0 unspecified atom stereocenters. The largest absolute Gasteiger partial charge is 0.309 e. The number of aromatic nitrogens is 4. The second-order valence-corrected chi connectivity index (χ2v) is 7.84. The highest BCUT2D eigenvalue weighted by Gasteiger charge is 2.16. The minimum Gasteiger partial charge on any atom is -0.309 e. The highest BCUT2D eigenvalue weighted by molar-refractivity contribution is 7.99. The molecule has 8 heteroatoms. The van der Waals surface area contributed by atoms with Crippen LogP contribution in [0.3, 0.4) is 0 Å². The van der Waals surface area contributed by atoms with Crippen molar-refractivity contribution in [3.8, 4) is 17.4 Å². The van der Waals surface area contributed by atoms with Crippen LogP contribution in [0.4, 0.5) is 5.82 Å². The highest BCUT2D eigenvalue weighted by atomic mass is 32.2. The third kappa shape index (κ3) is 4.22. The Hall–Kier alpha value is -3.83. The normalized spacial score (nSPS) is 10.6. The van der Waals surface area contributed by atoms with E-state index in [0.29, 0.717) is 11.4 Å². The Labute approximate surface area is 184 Å². The Morgan fingerprint density at radius 3 is 2.74 bits per heavy atom. The van der Waals surface area contributed by atoms with E-state index < -0.39 is 0 Å². The van der Waals surface area contributed by atoms with Gasteiger partial charge in [-0.15, -0.1) is 0 Å². The summed E-state index contributed by atoms with van der Waals surface area (Å²) in [6.07, 6.45) is 5.06. The number of rotatable bonds is 6. The number of aryl methyl sites for hydroxylation is 1. The number of amides is 1. The molecule has 0 atom stereocenters. The Kier molecular flexibility index (Phi) is 5.87. The first-order valence-electron chi connectivity index (χ1n) is 9.64. The Balaban J connectivity index is 1.51. The number of nitriles is 1. The van der Waals surface area contributed by atoms with Gasteiger partial charge in [0.2, 0.25) is 5.91 Å². The summed E-state index contributed by atoms with van der Waals surface area (Å²) in [7, 11) is 0. The fourth-order valence-electron chi connectivity index (χ4n) is 3.19. The van der Waals surface area contributed by atoms with Crippen LogP contribution in [0.2, 0.25) is 0 Å². The van der Waals surface area contributed by atoms with E-state index >= 15 is 0 Å². The first-order chi connectivity index (χ1) is 15.1. The van der Waals surface area contributed by atoms with E-state index in [4.69, 9.17) is 0 Å². The molecule has 0 spiro atoms. The van der Waals surface area contributed by atoms with Gasteiger partial charge in [-0.2, -0.15) is 10.4 Å². The van der Waals surface area contributed by atoms with E-state index in [1.165, 1.54) is 23.5 Å². The number of thioether (sulfide) groups is 1. The zero-order valence-corrected chi connectivity index (χ0v) is 17.9. The molecule has 0 aliphatic rings. The van der Waals surface area contributed by atoms with Crippen LogP contribution < -0.4 is 5.32 Å². The first kappa shape index (κ1) is 20.4. The van der Waals surface area contributed by atoms with Crippen LogP contribution in [0.5, 0.6) is 0 Å². The molecule has 0 aliphatic carbocycles. The summed E-state index contributed by atoms with van der Waals surface area (Å²) in [6, 6.07) is 17.6. The molecule has 4 rings (SSSR count). The van der Waals surface area contributed by atoms with Gasteiger partial charge in [0.1, 0.15) is 11.6 Å². The summed E-state index contributed by atoms with van der Waals surface area (Å²) in [5.74, 6) is 0.263. The fourth-order valence-corrected chi connectivity index (χ4v) is 3.96. The van der Waals surface area contributed by atoms with E-state index in [-0.39, 0.29) is 11.7 Å². The molecule has 4 aromatic rings. The molecule has 1 N–H and O–H groups in total. The molecule has 0 bridgehead atoms. The summed E-state index contributed by atoms with van der Waals surface area (Å²) >= 11 is 1.34. The average Bonchev–Trinajstić information content (AvgIpc) is 3.41. The van der Waals surface area contributed by atoms with Gasteiger partial charge in [-0.1, -0.05) is 42.1 Å². The molecule has 2 aromatic carbocycles. The van der Waals surface area contributed by atoms with Gasteiger partial charge in [0.15, 0.2) is 11.0 Å². The highest BCUT2D eigenvalue weighted by Crippen LogP contribution is 2.25. The number of imidazole rings is 1. The lowest BCUT2D eigenvalue weighted by molar-refractivity contribution is -0.113. The van der Waals surface area contributed by atoms with Crippen LogP contribution in [0.25, 0.3) is 11.4 Å². The minimum absolute atomic E-state index is 0.146. The number of benzene rings is 2. The van der Waals surface area contributed by atoms with E-state index in [2.05, 4.69) is 41.4 Å². The summed E-state index contributed by atoms with van der Waals surface area (Å²) in [5, 5.41) is 17.2. The van der Waals surface area contributed by atoms with Crippen molar-refractivity contribution in [1.29, 1.82) is 5.26 Å². The van der Waals surface area contributed by atoms with Crippen molar-refractivity contribution in [2.75, 3.05) is 11.1 Å². The van der Waals surface area contributed by atoms with Crippen molar-refractivity contribution >= 4 is 23.5 Å². The smallest absolute Gasteiger partial charge is 0.236 e. The predicted octanol–water partition coefficient (Wildman–Crippen LogP) is 4.28. The number of para-hydroxylation sites is 1. The molecule has 31 heavy (non-hydrogen) atoms. The molecule has 0 aliphatic heterocycles. The second-order valence-electron chi connectivity index (χ2n) is 6.90. The van der Waals surface area contributed by atoms with E-state index in [0.717, 1.165) is 22.1 Å². The van der Waals surface area contributed by atoms with E-state index in [1.54, 1.807) is 10.9 Å². The molecule has 0 fully saturated rings. The minimum atomic E-state index is -0.241. The molecule has 0 saturated carbocycles. The lowest BCUT2D eigenvalue weighted by Gasteiger charge is -2.12. The maximum atomic E-state index is 12.7. The molecule has 1 amide bonds. The van der Waals surface area contributed by atoms with Gasteiger partial charge in [0, 0.05) is 12.4 Å². The fraction of sp³-hybridized carbons (Fsp3) is 0.130.